The first-order valence-electron chi connectivity index (χ1n) is 7.43. The summed E-state index contributed by atoms with van der Waals surface area (Å²) < 4.78 is 0. The van der Waals surface area contributed by atoms with Gasteiger partial charge < -0.3 is 10.2 Å². The van der Waals surface area contributed by atoms with E-state index in [1.807, 2.05) is 11.9 Å². The van der Waals surface area contributed by atoms with Gasteiger partial charge in [0.2, 0.25) is 5.91 Å². The van der Waals surface area contributed by atoms with Crippen molar-refractivity contribution in [3.63, 3.8) is 0 Å². The maximum absolute atomic E-state index is 12.2. The summed E-state index contributed by atoms with van der Waals surface area (Å²) in [5, 5.41) is 3.37. The molecule has 0 spiro atoms. The third-order valence-corrected chi connectivity index (χ3v) is 4.22. The van der Waals surface area contributed by atoms with E-state index in [9.17, 15) is 4.79 Å². The lowest BCUT2D eigenvalue weighted by atomic mass is 10.1. The van der Waals surface area contributed by atoms with E-state index in [0.717, 1.165) is 45.1 Å². The molecule has 1 heterocycles. The van der Waals surface area contributed by atoms with Gasteiger partial charge in [-0.05, 0) is 38.3 Å². The fourth-order valence-electron chi connectivity index (χ4n) is 3.05. The molecule has 104 valence electrons. The fraction of sp³-hybridized carbons (Fsp3) is 0.929. The van der Waals surface area contributed by atoms with Crippen LogP contribution in [0.1, 0.15) is 32.1 Å². The summed E-state index contributed by atoms with van der Waals surface area (Å²) >= 11 is 0. The van der Waals surface area contributed by atoms with Crippen LogP contribution in [0.15, 0.2) is 0 Å². The summed E-state index contributed by atoms with van der Waals surface area (Å²) in [5.74, 6) is 1.05. The van der Waals surface area contributed by atoms with Gasteiger partial charge in [0.05, 0.1) is 6.54 Å². The van der Waals surface area contributed by atoms with Crippen LogP contribution >= 0.6 is 0 Å². The van der Waals surface area contributed by atoms with Gasteiger partial charge in [0.25, 0.3) is 0 Å². The molecule has 0 aromatic carbocycles. The molecule has 1 aliphatic carbocycles. The molecule has 4 nitrogen and oxygen atoms in total. The zero-order valence-electron chi connectivity index (χ0n) is 11.7. The van der Waals surface area contributed by atoms with Crippen LogP contribution in [0.25, 0.3) is 0 Å². The summed E-state index contributed by atoms with van der Waals surface area (Å²) in [4.78, 5) is 16.4. The van der Waals surface area contributed by atoms with Crippen molar-refractivity contribution in [1.82, 2.24) is 15.1 Å². The number of amides is 1. The van der Waals surface area contributed by atoms with Crippen molar-refractivity contribution in [1.29, 1.82) is 0 Å². The van der Waals surface area contributed by atoms with E-state index in [1.165, 1.54) is 25.7 Å². The molecule has 2 rings (SSSR count). The summed E-state index contributed by atoms with van der Waals surface area (Å²) in [6, 6.07) is 0. The molecule has 0 atom stereocenters. The van der Waals surface area contributed by atoms with Crippen LogP contribution in [0.4, 0.5) is 0 Å². The number of hydrogen-bond donors (Lipinski definition) is 1. The lowest BCUT2D eigenvalue weighted by molar-refractivity contribution is -0.131. The van der Waals surface area contributed by atoms with Crippen LogP contribution in [-0.4, -0.2) is 62.0 Å². The number of carbonyl (C=O) groups is 1. The Balaban J connectivity index is 1.71. The molecule has 0 bridgehead atoms. The predicted molar refractivity (Wildman–Crippen MR) is 73.5 cm³/mol. The Hall–Kier alpha value is -0.610. The molecule has 1 N–H and O–H groups in total. The Morgan fingerprint density at radius 1 is 1.22 bits per heavy atom. The standard InChI is InChI=1S/C14H27N3O/c1-16(11-13-5-2-3-6-13)14(18)12-17-9-4-7-15-8-10-17/h13,15H,2-12H2,1H3. The number of hydrogen-bond acceptors (Lipinski definition) is 3. The Bertz CT molecular complexity index is 256. The highest BCUT2D eigenvalue weighted by molar-refractivity contribution is 5.78. The predicted octanol–water partition coefficient (Wildman–Crippen LogP) is 0.930. The van der Waals surface area contributed by atoms with Crippen molar-refractivity contribution in [3.8, 4) is 0 Å². The Kier molecular flexibility index (Phi) is 5.45. The van der Waals surface area contributed by atoms with E-state index in [0.29, 0.717) is 12.5 Å². The molecule has 0 aromatic rings. The lowest BCUT2D eigenvalue weighted by Crippen LogP contribution is -2.41. The number of nitrogens with zero attached hydrogens (tertiary/aromatic N) is 2. The van der Waals surface area contributed by atoms with E-state index in [-0.39, 0.29) is 0 Å². The molecule has 1 saturated heterocycles. The molecule has 0 unspecified atom stereocenters. The molecular formula is C14H27N3O. The fourth-order valence-corrected chi connectivity index (χ4v) is 3.05. The lowest BCUT2D eigenvalue weighted by Gasteiger charge is -2.25. The van der Waals surface area contributed by atoms with Gasteiger partial charge in [0.1, 0.15) is 0 Å². The molecular weight excluding hydrogens is 226 g/mol. The van der Waals surface area contributed by atoms with Crippen molar-refractivity contribution >= 4 is 5.91 Å². The zero-order chi connectivity index (χ0) is 12.8. The molecule has 18 heavy (non-hydrogen) atoms. The average Bonchev–Trinajstić information content (AvgIpc) is 2.72. The summed E-state index contributed by atoms with van der Waals surface area (Å²) in [6.07, 6.45) is 6.48. The van der Waals surface area contributed by atoms with Crippen molar-refractivity contribution in [3.05, 3.63) is 0 Å². The quantitative estimate of drug-likeness (QED) is 0.809. The van der Waals surface area contributed by atoms with Crippen LogP contribution in [0.3, 0.4) is 0 Å². The van der Waals surface area contributed by atoms with E-state index in [4.69, 9.17) is 0 Å². The normalized spacial score (nSPS) is 22.9. The van der Waals surface area contributed by atoms with E-state index in [1.54, 1.807) is 0 Å². The highest BCUT2D eigenvalue weighted by Crippen LogP contribution is 2.25. The summed E-state index contributed by atoms with van der Waals surface area (Å²) in [5.41, 5.74) is 0. The summed E-state index contributed by atoms with van der Waals surface area (Å²) in [6.45, 7) is 5.72. The van der Waals surface area contributed by atoms with Gasteiger partial charge in [0, 0.05) is 26.7 Å². The minimum absolute atomic E-state index is 0.295. The van der Waals surface area contributed by atoms with Crippen molar-refractivity contribution in [2.24, 2.45) is 5.92 Å². The minimum Gasteiger partial charge on any atom is -0.344 e. The Labute approximate surface area is 111 Å². The molecule has 1 aliphatic heterocycles. The molecule has 2 aliphatic rings. The van der Waals surface area contributed by atoms with Crippen LogP contribution in [0.5, 0.6) is 0 Å². The number of rotatable bonds is 4. The second-order valence-corrected chi connectivity index (χ2v) is 5.80. The van der Waals surface area contributed by atoms with Gasteiger partial charge in [-0.25, -0.2) is 0 Å². The van der Waals surface area contributed by atoms with Crippen LogP contribution in [-0.2, 0) is 4.79 Å². The second kappa shape index (κ2) is 7.10. The highest BCUT2D eigenvalue weighted by atomic mass is 16.2. The zero-order valence-corrected chi connectivity index (χ0v) is 11.7. The molecule has 1 amide bonds. The second-order valence-electron chi connectivity index (χ2n) is 5.80. The van der Waals surface area contributed by atoms with Crippen molar-refractivity contribution in [2.45, 2.75) is 32.1 Å². The monoisotopic (exact) mass is 253 g/mol. The number of nitrogens with one attached hydrogen (secondary N) is 1. The molecule has 1 saturated carbocycles. The first kappa shape index (κ1) is 13.8. The molecule has 4 heteroatoms. The Morgan fingerprint density at radius 2 is 2.00 bits per heavy atom. The van der Waals surface area contributed by atoms with Gasteiger partial charge in [-0.1, -0.05) is 12.8 Å². The van der Waals surface area contributed by atoms with E-state index >= 15 is 0 Å². The van der Waals surface area contributed by atoms with Gasteiger partial charge >= 0.3 is 0 Å². The van der Waals surface area contributed by atoms with Crippen LogP contribution < -0.4 is 5.32 Å². The first-order valence-corrected chi connectivity index (χ1v) is 7.43. The minimum atomic E-state index is 0.295. The van der Waals surface area contributed by atoms with Gasteiger partial charge in [-0.3, -0.25) is 9.69 Å². The van der Waals surface area contributed by atoms with E-state index < -0.39 is 0 Å². The molecule has 0 aromatic heterocycles. The average molecular weight is 253 g/mol. The van der Waals surface area contributed by atoms with Crippen molar-refractivity contribution < 1.29 is 4.79 Å². The number of likely N-dealkylation sites (N-methyl/N-ethyl adjacent to an activating group) is 1. The van der Waals surface area contributed by atoms with Crippen LogP contribution in [0, 0.1) is 5.92 Å². The SMILES string of the molecule is CN(CC1CCCC1)C(=O)CN1CCCNCC1. The van der Waals surface area contributed by atoms with Gasteiger partial charge in [-0.2, -0.15) is 0 Å². The third-order valence-electron chi connectivity index (χ3n) is 4.22. The Morgan fingerprint density at radius 3 is 2.78 bits per heavy atom. The van der Waals surface area contributed by atoms with Gasteiger partial charge in [0.15, 0.2) is 0 Å². The van der Waals surface area contributed by atoms with Crippen molar-refractivity contribution in [2.75, 3.05) is 46.3 Å². The maximum atomic E-state index is 12.2. The number of carbonyl (C=O) groups excluding carboxylic acids is 1. The van der Waals surface area contributed by atoms with Crippen LogP contribution in [0.2, 0.25) is 0 Å². The maximum Gasteiger partial charge on any atom is 0.236 e. The first-order chi connectivity index (χ1) is 8.75. The highest BCUT2D eigenvalue weighted by Gasteiger charge is 2.21. The summed E-state index contributed by atoms with van der Waals surface area (Å²) in [7, 11) is 1.97. The largest absolute Gasteiger partial charge is 0.344 e. The molecule has 2 fully saturated rings. The van der Waals surface area contributed by atoms with E-state index in [2.05, 4.69) is 10.2 Å². The molecule has 0 radical (unpaired) electrons. The van der Waals surface area contributed by atoms with Gasteiger partial charge in [-0.15, -0.1) is 0 Å². The third kappa shape index (κ3) is 4.25. The topological polar surface area (TPSA) is 35.6 Å². The smallest absolute Gasteiger partial charge is 0.236 e.